The van der Waals surface area contributed by atoms with Crippen molar-refractivity contribution in [3.05, 3.63) is 40.9 Å². The number of H-pyrrole nitrogens is 1. The summed E-state index contributed by atoms with van der Waals surface area (Å²) in [5.41, 5.74) is 3.40. The Morgan fingerprint density at radius 2 is 2.00 bits per heavy atom. The van der Waals surface area contributed by atoms with Crippen LogP contribution in [-0.4, -0.2) is 73.0 Å². The van der Waals surface area contributed by atoms with E-state index < -0.39 is 0 Å². The molecule has 6 rings (SSSR count). The predicted octanol–water partition coefficient (Wildman–Crippen LogP) is 4.80. The second-order valence-electron chi connectivity index (χ2n) is 9.96. The second kappa shape index (κ2) is 10.8. The van der Waals surface area contributed by atoms with E-state index in [1.807, 2.05) is 35.6 Å². The van der Waals surface area contributed by atoms with Crippen LogP contribution in [0.3, 0.4) is 0 Å². The van der Waals surface area contributed by atoms with Gasteiger partial charge in [0.1, 0.15) is 11.8 Å². The molecule has 3 aromatic heterocycles. The largest absolute Gasteiger partial charge is 0.385 e. The standard InChI is InChI=1S/C28H32N6O2S/c1-35-12-7-19-5-8-33(9-6-19)18-21-16-25-26(37-21)28(34-10-13-36-14-11-34)32-27(31-25)22-3-2-4-24-23(22)15-20(17-29)30-24/h2-4,15-16,19,30H,5-14,18H2,1H3. The average molecular weight is 517 g/mol. The van der Waals surface area contributed by atoms with E-state index in [-0.39, 0.29) is 0 Å². The molecule has 0 atom stereocenters. The van der Waals surface area contributed by atoms with E-state index in [2.05, 4.69) is 26.9 Å². The third-order valence-electron chi connectivity index (χ3n) is 7.56. The Balaban J connectivity index is 1.34. The molecule has 192 valence electrons. The monoisotopic (exact) mass is 516 g/mol. The molecule has 2 aliphatic rings. The molecule has 0 aliphatic carbocycles. The smallest absolute Gasteiger partial charge is 0.162 e. The van der Waals surface area contributed by atoms with E-state index in [4.69, 9.17) is 19.4 Å². The van der Waals surface area contributed by atoms with Gasteiger partial charge in [0.05, 0.1) is 23.4 Å². The minimum absolute atomic E-state index is 0.542. The van der Waals surface area contributed by atoms with E-state index in [1.165, 1.54) is 17.7 Å². The second-order valence-corrected chi connectivity index (χ2v) is 11.1. The van der Waals surface area contributed by atoms with Gasteiger partial charge in [-0.1, -0.05) is 12.1 Å². The fourth-order valence-corrected chi connectivity index (χ4v) is 6.66. The number of nitrogens with one attached hydrogen (secondary N) is 1. The zero-order chi connectivity index (χ0) is 25.2. The number of morpholine rings is 1. The first-order chi connectivity index (χ1) is 18.2. The van der Waals surface area contributed by atoms with Gasteiger partial charge in [0.15, 0.2) is 11.6 Å². The molecule has 2 aliphatic heterocycles. The number of thiophene rings is 1. The number of aromatic nitrogens is 3. The molecule has 1 N–H and O–H groups in total. The van der Waals surface area contributed by atoms with Crippen molar-refractivity contribution in [2.24, 2.45) is 5.92 Å². The number of ether oxygens (including phenoxy) is 2. The Labute approximate surface area is 220 Å². The number of nitrogens with zero attached hydrogens (tertiary/aromatic N) is 5. The van der Waals surface area contributed by atoms with E-state index in [1.54, 1.807) is 7.11 Å². The van der Waals surface area contributed by atoms with Crippen molar-refractivity contribution >= 4 is 38.3 Å². The van der Waals surface area contributed by atoms with Gasteiger partial charge in [0.25, 0.3) is 0 Å². The van der Waals surface area contributed by atoms with Gasteiger partial charge in [-0.15, -0.1) is 11.3 Å². The Morgan fingerprint density at radius 1 is 1.16 bits per heavy atom. The van der Waals surface area contributed by atoms with E-state index in [0.29, 0.717) is 24.7 Å². The number of hydrogen-bond donors (Lipinski definition) is 1. The summed E-state index contributed by atoms with van der Waals surface area (Å²) in [6.45, 7) is 7.13. The molecule has 0 amide bonds. The maximum atomic E-state index is 9.41. The zero-order valence-corrected chi connectivity index (χ0v) is 22.0. The van der Waals surface area contributed by atoms with Gasteiger partial charge >= 0.3 is 0 Å². The Bertz CT molecular complexity index is 1430. The molecule has 9 heteroatoms. The Hall–Kier alpha value is -3.03. The molecule has 0 unspecified atom stereocenters. The lowest BCUT2D eigenvalue weighted by Crippen LogP contribution is -2.36. The lowest BCUT2D eigenvalue weighted by Gasteiger charge is -2.31. The summed E-state index contributed by atoms with van der Waals surface area (Å²) in [5.74, 6) is 2.47. The van der Waals surface area contributed by atoms with Crippen LogP contribution < -0.4 is 4.90 Å². The lowest BCUT2D eigenvalue weighted by molar-refractivity contribution is 0.122. The number of aromatic amines is 1. The highest BCUT2D eigenvalue weighted by molar-refractivity contribution is 7.19. The normalized spacial score (nSPS) is 17.6. The molecule has 0 saturated carbocycles. The Morgan fingerprint density at radius 3 is 2.78 bits per heavy atom. The van der Waals surface area contributed by atoms with Crippen molar-refractivity contribution in [1.82, 2.24) is 19.9 Å². The van der Waals surface area contributed by atoms with E-state index in [9.17, 15) is 5.26 Å². The van der Waals surface area contributed by atoms with Crippen LogP contribution in [0.15, 0.2) is 30.3 Å². The fraction of sp³-hybridized carbons (Fsp3) is 0.464. The summed E-state index contributed by atoms with van der Waals surface area (Å²) in [7, 11) is 1.79. The third-order valence-corrected chi connectivity index (χ3v) is 8.66. The number of anilines is 1. The van der Waals surface area contributed by atoms with Gasteiger partial charge in [0, 0.05) is 54.7 Å². The lowest BCUT2D eigenvalue weighted by atomic mass is 9.94. The number of piperidine rings is 1. The van der Waals surface area contributed by atoms with Crippen LogP contribution in [0, 0.1) is 17.2 Å². The van der Waals surface area contributed by atoms with Crippen molar-refractivity contribution in [3.8, 4) is 17.5 Å². The fourth-order valence-electron chi connectivity index (χ4n) is 5.50. The van der Waals surface area contributed by atoms with Gasteiger partial charge in [-0.05, 0) is 56.5 Å². The van der Waals surface area contributed by atoms with E-state index >= 15 is 0 Å². The SMILES string of the molecule is COCCC1CCN(Cc2cc3nc(-c4cccc5[nH]c(C#N)cc45)nc(N4CCOCC4)c3s2)CC1. The van der Waals surface area contributed by atoms with Crippen molar-refractivity contribution in [3.63, 3.8) is 0 Å². The molecule has 37 heavy (non-hydrogen) atoms. The predicted molar refractivity (Wildman–Crippen MR) is 147 cm³/mol. The van der Waals surface area contributed by atoms with Crippen LogP contribution in [0.5, 0.6) is 0 Å². The molecule has 4 aromatic rings. The van der Waals surface area contributed by atoms with Crippen LogP contribution in [-0.2, 0) is 16.0 Å². The van der Waals surface area contributed by atoms with Gasteiger partial charge < -0.3 is 19.4 Å². The van der Waals surface area contributed by atoms with Crippen LogP contribution in [0.25, 0.3) is 32.5 Å². The summed E-state index contributed by atoms with van der Waals surface area (Å²) in [6, 6.07) is 12.4. The molecule has 2 fully saturated rings. The van der Waals surface area contributed by atoms with Crippen molar-refractivity contribution in [2.75, 3.05) is 58.0 Å². The average Bonchev–Trinajstić information content (AvgIpc) is 3.56. The topological polar surface area (TPSA) is 90.3 Å². The van der Waals surface area contributed by atoms with Gasteiger partial charge in [-0.3, -0.25) is 4.90 Å². The number of benzene rings is 1. The highest BCUT2D eigenvalue weighted by atomic mass is 32.1. The molecule has 0 bridgehead atoms. The molecular weight excluding hydrogens is 484 g/mol. The number of fused-ring (bicyclic) bond motifs is 2. The molecule has 0 radical (unpaired) electrons. The third kappa shape index (κ3) is 5.07. The molecule has 1 aromatic carbocycles. The number of rotatable bonds is 7. The molecular formula is C28H32N6O2S. The summed E-state index contributed by atoms with van der Waals surface area (Å²) in [4.78, 5) is 19.6. The highest BCUT2D eigenvalue weighted by Gasteiger charge is 2.23. The van der Waals surface area contributed by atoms with Crippen LogP contribution in [0.2, 0.25) is 0 Å². The van der Waals surface area contributed by atoms with Gasteiger partial charge in [-0.2, -0.15) is 5.26 Å². The first-order valence-corrected chi connectivity index (χ1v) is 13.9. The minimum atomic E-state index is 0.542. The number of likely N-dealkylation sites (tertiary alicyclic amines) is 1. The van der Waals surface area contributed by atoms with Crippen molar-refractivity contribution < 1.29 is 9.47 Å². The van der Waals surface area contributed by atoms with Crippen molar-refractivity contribution in [2.45, 2.75) is 25.8 Å². The van der Waals surface area contributed by atoms with Crippen LogP contribution >= 0.6 is 11.3 Å². The maximum Gasteiger partial charge on any atom is 0.162 e. The van der Waals surface area contributed by atoms with Gasteiger partial charge in [-0.25, -0.2) is 9.97 Å². The summed E-state index contributed by atoms with van der Waals surface area (Å²) >= 11 is 1.82. The molecule has 8 nitrogen and oxygen atoms in total. The van der Waals surface area contributed by atoms with E-state index in [0.717, 1.165) is 84.2 Å². The summed E-state index contributed by atoms with van der Waals surface area (Å²) in [5, 5.41) is 10.4. The number of hydrogen-bond acceptors (Lipinski definition) is 8. The quantitative estimate of drug-likeness (QED) is 0.377. The first kappa shape index (κ1) is 24.3. The molecule has 0 spiro atoms. The molecule has 2 saturated heterocycles. The minimum Gasteiger partial charge on any atom is -0.385 e. The van der Waals surface area contributed by atoms with Gasteiger partial charge in [0.2, 0.25) is 0 Å². The highest BCUT2D eigenvalue weighted by Crippen LogP contribution is 2.37. The zero-order valence-electron chi connectivity index (χ0n) is 21.2. The Kier molecular flexibility index (Phi) is 7.07. The van der Waals surface area contributed by atoms with Crippen LogP contribution in [0.1, 0.15) is 29.8 Å². The molecule has 5 heterocycles. The summed E-state index contributed by atoms with van der Waals surface area (Å²) in [6.07, 6.45) is 3.64. The summed E-state index contributed by atoms with van der Waals surface area (Å²) < 4.78 is 12.1. The van der Waals surface area contributed by atoms with Crippen molar-refractivity contribution in [1.29, 1.82) is 5.26 Å². The number of nitriles is 1. The van der Waals surface area contributed by atoms with Crippen LogP contribution in [0.4, 0.5) is 5.82 Å². The first-order valence-electron chi connectivity index (χ1n) is 13.1. The number of methoxy groups -OCH3 is 1. The maximum absolute atomic E-state index is 9.41.